The molecule has 1 heterocycles. The third kappa shape index (κ3) is 5.21. The van der Waals surface area contributed by atoms with Crippen LogP contribution in [0.5, 0.6) is 0 Å². The van der Waals surface area contributed by atoms with Gasteiger partial charge in [0, 0.05) is 13.0 Å². The molecule has 0 spiro atoms. The van der Waals surface area contributed by atoms with E-state index in [1.807, 2.05) is 36.4 Å². The van der Waals surface area contributed by atoms with E-state index in [1.165, 1.54) is 4.90 Å². The number of rotatable bonds is 7. The van der Waals surface area contributed by atoms with Gasteiger partial charge in [-0.3, -0.25) is 9.69 Å². The number of aliphatic carboxylic acids is 1. The summed E-state index contributed by atoms with van der Waals surface area (Å²) >= 11 is 0. The van der Waals surface area contributed by atoms with Crippen LogP contribution in [0.2, 0.25) is 0 Å². The molecule has 1 aliphatic heterocycles. The number of nitriles is 1. The van der Waals surface area contributed by atoms with E-state index >= 15 is 0 Å². The molecule has 0 bridgehead atoms. The average Bonchev–Trinajstić information content (AvgIpc) is 3.13. The molecular formula is C18H21N3O5. The minimum Gasteiger partial charge on any atom is -0.480 e. The maximum absolute atomic E-state index is 12.4. The Labute approximate surface area is 151 Å². The minimum absolute atomic E-state index is 0.0166. The van der Waals surface area contributed by atoms with Crippen LogP contribution in [0.25, 0.3) is 0 Å². The first kappa shape index (κ1) is 19.2. The molecule has 2 amide bonds. The SMILES string of the molecule is N#CCC[C@@H](NC(=O)[C@H]1CCCN1C(=O)OCc1ccccc1)C(=O)O. The molecule has 0 radical (unpaired) electrons. The summed E-state index contributed by atoms with van der Waals surface area (Å²) in [5.41, 5.74) is 0.837. The Balaban J connectivity index is 1.93. The first-order chi connectivity index (χ1) is 12.5. The fourth-order valence-electron chi connectivity index (χ4n) is 2.79. The van der Waals surface area contributed by atoms with Gasteiger partial charge in [0.2, 0.25) is 5.91 Å². The van der Waals surface area contributed by atoms with Crippen LogP contribution in [0.15, 0.2) is 30.3 Å². The van der Waals surface area contributed by atoms with Crippen molar-refractivity contribution in [2.45, 2.75) is 44.4 Å². The normalized spacial score (nSPS) is 17.2. The highest BCUT2D eigenvalue weighted by atomic mass is 16.6. The van der Waals surface area contributed by atoms with Crippen molar-refractivity contribution >= 4 is 18.0 Å². The molecule has 1 aliphatic rings. The van der Waals surface area contributed by atoms with E-state index in [2.05, 4.69) is 5.32 Å². The van der Waals surface area contributed by atoms with Crippen LogP contribution in [0.1, 0.15) is 31.2 Å². The second kappa shape index (κ2) is 9.42. The number of hydrogen-bond donors (Lipinski definition) is 2. The van der Waals surface area contributed by atoms with Gasteiger partial charge in [-0.2, -0.15) is 5.26 Å². The maximum Gasteiger partial charge on any atom is 0.410 e. The number of carboxylic acids is 1. The molecule has 1 fully saturated rings. The number of nitrogens with one attached hydrogen (secondary N) is 1. The molecule has 8 nitrogen and oxygen atoms in total. The smallest absolute Gasteiger partial charge is 0.410 e. The predicted molar refractivity (Wildman–Crippen MR) is 90.8 cm³/mol. The summed E-state index contributed by atoms with van der Waals surface area (Å²) in [7, 11) is 0. The molecule has 1 saturated heterocycles. The van der Waals surface area contributed by atoms with Crippen molar-refractivity contribution in [3.05, 3.63) is 35.9 Å². The first-order valence-corrected chi connectivity index (χ1v) is 8.40. The molecule has 26 heavy (non-hydrogen) atoms. The number of carbonyl (C=O) groups excluding carboxylic acids is 2. The summed E-state index contributed by atoms with van der Waals surface area (Å²) in [6.45, 7) is 0.478. The first-order valence-electron chi connectivity index (χ1n) is 8.40. The van der Waals surface area contributed by atoms with Gasteiger partial charge in [0.1, 0.15) is 18.7 Å². The van der Waals surface area contributed by atoms with E-state index in [0.717, 1.165) is 5.56 Å². The van der Waals surface area contributed by atoms with Gasteiger partial charge < -0.3 is 15.2 Å². The Morgan fingerprint density at radius 1 is 1.35 bits per heavy atom. The van der Waals surface area contributed by atoms with Crippen molar-refractivity contribution < 1.29 is 24.2 Å². The number of likely N-dealkylation sites (tertiary alicyclic amines) is 1. The third-order valence-electron chi connectivity index (χ3n) is 4.15. The van der Waals surface area contributed by atoms with Crippen LogP contribution >= 0.6 is 0 Å². The van der Waals surface area contributed by atoms with E-state index in [-0.39, 0.29) is 19.4 Å². The molecule has 0 aliphatic carbocycles. The van der Waals surface area contributed by atoms with Crippen molar-refractivity contribution in [1.82, 2.24) is 10.2 Å². The Kier molecular flexibility index (Phi) is 6.97. The fourth-order valence-corrected chi connectivity index (χ4v) is 2.79. The standard InChI is InChI=1S/C18H21N3O5/c19-10-4-8-14(17(23)24)20-16(22)15-9-5-11-21(15)18(25)26-12-13-6-2-1-3-7-13/h1-3,6-7,14-15H,4-5,8-9,11-12H2,(H,20,22)(H,23,24)/t14-,15-/m1/s1. The summed E-state index contributed by atoms with van der Waals surface area (Å²) in [6, 6.07) is 9.13. The molecule has 0 unspecified atom stereocenters. The molecule has 0 saturated carbocycles. The predicted octanol–water partition coefficient (Wildman–Crippen LogP) is 1.66. The lowest BCUT2D eigenvalue weighted by Crippen LogP contribution is -2.50. The zero-order valence-corrected chi connectivity index (χ0v) is 14.3. The fraction of sp³-hybridized carbons (Fsp3) is 0.444. The second-order valence-electron chi connectivity index (χ2n) is 5.99. The second-order valence-corrected chi connectivity index (χ2v) is 5.99. The summed E-state index contributed by atoms with van der Waals surface area (Å²) in [4.78, 5) is 37.2. The van der Waals surface area contributed by atoms with Gasteiger partial charge in [0.25, 0.3) is 0 Å². The lowest BCUT2D eigenvalue weighted by Gasteiger charge is -2.24. The van der Waals surface area contributed by atoms with Crippen LogP contribution in [-0.2, 0) is 20.9 Å². The molecule has 0 aromatic heterocycles. The van der Waals surface area contributed by atoms with E-state index in [9.17, 15) is 14.4 Å². The van der Waals surface area contributed by atoms with Crippen LogP contribution in [0, 0.1) is 11.3 Å². The molecule has 2 atom stereocenters. The van der Waals surface area contributed by atoms with Gasteiger partial charge in [-0.1, -0.05) is 30.3 Å². The molecular weight excluding hydrogens is 338 g/mol. The zero-order valence-electron chi connectivity index (χ0n) is 14.3. The third-order valence-corrected chi connectivity index (χ3v) is 4.15. The van der Waals surface area contributed by atoms with Crippen molar-refractivity contribution in [3.63, 3.8) is 0 Å². The van der Waals surface area contributed by atoms with Gasteiger partial charge in [0.15, 0.2) is 0 Å². The van der Waals surface area contributed by atoms with Gasteiger partial charge >= 0.3 is 12.1 Å². The monoisotopic (exact) mass is 359 g/mol. The topological polar surface area (TPSA) is 120 Å². The van der Waals surface area contributed by atoms with Crippen molar-refractivity contribution in [2.75, 3.05) is 6.54 Å². The number of carbonyl (C=O) groups is 3. The largest absolute Gasteiger partial charge is 0.480 e. The quantitative estimate of drug-likeness (QED) is 0.764. The van der Waals surface area contributed by atoms with Gasteiger partial charge in [-0.25, -0.2) is 9.59 Å². The number of carboxylic acid groups (broad SMARTS) is 1. The van der Waals surface area contributed by atoms with E-state index in [4.69, 9.17) is 15.1 Å². The number of nitrogens with zero attached hydrogens (tertiary/aromatic N) is 2. The van der Waals surface area contributed by atoms with Gasteiger partial charge in [-0.15, -0.1) is 0 Å². The number of hydrogen-bond acceptors (Lipinski definition) is 5. The number of amides is 2. The lowest BCUT2D eigenvalue weighted by molar-refractivity contribution is -0.142. The average molecular weight is 359 g/mol. The van der Waals surface area contributed by atoms with Crippen LogP contribution < -0.4 is 5.32 Å². The Bertz CT molecular complexity index is 686. The molecule has 138 valence electrons. The summed E-state index contributed by atoms with van der Waals surface area (Å²) < 4.78 is 5.26. The Hall–Kier alpha value is -3.08. The van der Waals surface area contributed by atoms with Crippen LogP contribution in [-0.4, -0.2) is 46.6 Å². The highest BCUT2D eigenvalue weighted by Gasteiger charge is 2.36. The summed E-state index contributed by atoms with van der Waals surface area (Å²) in [5.74, 6) is -1.74. The van der Waals surface area contributed by atoms with Crippen molar-refractivity contribution in [3.8, 4) is 6.07 Å². The van der Waals surface area contributed by atoms with E-state index in [0.29, 0.717) is 19.4 Å². The molecule has 1 aromatic carbocycles. The van der Waals surface area contributed by atoms with Gasteiger partial charge in [-0.05, 0) is 24.8 Å². The van der Waals surface area contributed by atoms with Gasteiger partial charge in [0.05, 0.1) is 6.07 Å². The van der Waals surface area contributed by atoms with E-state index in [1.54, 1.807) is 0 Å². The highest BCUT2D eigenvalue weighted by Crippen LogP contribution is 2.19. The number of ether oxygens (including phenoxy) is 1. The lowest BCUT2D eigenvalue weighted by atomic mass is 10.1. The van der Waals surface area contributed by atoms with Crippen LogP contribution in [0.3, 0.4) is 0 Å². The maximum atomic E-state index is 12.4. The summed E-state index contributed by atoms with van der Waals surface area (Å²) in [6.07, 6.45) is 0.508. The molecule has 8 heteroatoms. The molecule has 2 N–H and O–H groups in total. The van der Waals surface area contributed by atoms with Crippen molar-refractivity contribution in [1.29, 1.82) is 5.26 Å². The Morgan fingerprint density at radius 3 is 2.73 bits per heavy atom. The van der Waals surface area contributed by atoms with Crippen LogP contribution in [0.4, 0.5) is 4.79 Å². The number of benzene rings is 1. The zero-order chi connectivity index (χ0) is 18.9. The van der Waals surface area contributed by atoms with Crippen molar-refractivity contribution in [2.24, 2.45) is 0 Å². The van der Waals surface area contributed by atoms with E-state index < -0.39 is 30.1 Å². The minimum atomic E-state index is -1.20. The molecule has 2 rings (SSSR count). The highest BCUT2D eigenvalue weighted by molar-refractivity contribution is 5.89. The summed E-state index contributed by atoms with van der Waals surface area (Å²) in [5, 5.41) is 20.1. The Morgan fingerprint density at radius 2 is 2.08 bits per heavy atom. The molecule has 1 aromatic rings.